The van der Waals surface area contributed by atoms with Crippen molar-refractivity contribution in [2.24, 2.45) is 0 Å². The van der Waals surface area contributed by atoms with Gasteiger partial charge in [-0.05, 0) is 109 Å². The molecule has 246 valence electrons. The molecule has 10 aromatic rings. The maximum Gasteiger partial charge on any atom is 0.137 e. The number of para-hydroxylation sites is 2. The van der Waals surface area contributed by atoms with Gasteiger partial charge in [-0.25, -0.2) is 0 Å². The molecule has 1 heterocycles. The van der Waals surface area contributed by atoms with E-state index in [9.17, 15) is 0 Å². The van der Waals surface area contributed by atoms with Gasteiger partial charge >= 0.3 is 0 Å². The van der Waals surface area contributed by atoms with E-state index >= 15 is 0 Å². The zero-order valence-electron chi connectivity index (χ0n) is 28.8. The summed E-state index contributed by atoms with van der Waals surface area (Å²) in [5.41, 5.74) is 15.2. The lowest BCUT2D eigenvalue weighted by Crippen LogP contribution is -2.26. The van der Waals surface area contributed by atoms with Gasteiger partial charge in [0.25, 0.3) is 0 Å². The first-order valence-electron chi connectivity index (χ1n) is 18.3. The molecule has 12 rings (SSSR count). The normalized spacial score (nSPS) is 13.4. The van der Waals surface area contributed by atoms with E-state index in [2.05, 4.69) is 187 Å². The molecular formula is C51H31NO. The minimum Gasteiger partial charge on any atom is -0.456 e. The quantitative estimate of drug-likeness (QED) is 0.186. The fourth-order valence-electron chi connectivity index (χ4n) is 9.70. The fraction of sp³-hybridized carbons (Fsp3) is 0.0196. The van der Waals surface area contributed by atoms with Crippen LogP contribution >= 0.6 is 0 Å². The molecule has 2 aliphatic carbocycles. The molecule has 2 nitrogen and oxygen atoms in total. The molecule has 0 radical (unpaired) electrons. The van der Waals surface area contributed by atoms with Crippen LogP contribution in [0.2, 0.25) is 0 Å². The number of hydrogen-bond acceptors (Lipinski definition) is 2. The summed E-state index contributed by atoms with van der Waals surface area (Å²) in [4.78, 5) is 2.43. The lowest BCUT2D eigenvalue weighted by molar-refractivity contribution is 0.669. The molecule has 0 unspecified atom stereocenters. The zero-order valence-corrected chi connectivity index (χ0v) is 28.8. The molecule has 53 heavy (non-hydrogen) atoms. The van der Waals surface area contributed by atoms with Crippen LogP contribution in [0, 0.1) is 0 Å². The monoisotopic (exact) mass is 673 g/mol. The number of hydrogen-bond donors (Lipinski definition) is 0. The van der Waals surface area contributed by atoms with E-state index in [-0.39, 0.29) is 0 Å². The van der Waals surface area contributed by atoms with E-state index in [4.69, 9.17) is 4.42 Å². The number of rotatable bonds is 3. The van der Waals surface area contributed by atoms with Crippen molar-refractivity contribution in [3.63, 3.8) is 0 Å². The average molecular weight is 674 g/mol. The lowest BCUT2D eigenvalue weighted by Gasteiger charge is -2.33. The molecule has 0 aliphatic heterocycles. The maximum absolute atomic E-state index is 6.48. The fourth-order valence-corrected chi connectivity index (χ4v) is 9.70. The molecule has 0 N–H and O–H groups in total. The molecule has 2 heteroatoms. The van der Waals surface area contributed by atoms with Gasteiger partial charge < -0.3 is 9.32 Å². The zero-order chi connectivity index (χ0) is 34.7. The average Bonchev–Trinajstić information content (AvgIpc) is 3.84. The highest BCUT2D eigenvalue weighted by Crippen LogP contribution is 2.65. The van der Waals surface area contributed by atoms with Crippen LogP contribution in [-0.4, -0.2) is 0 Å². The summed E-state index contributed by atoms with van der Waals surface area (Å²) in [5, 5.41) is 7.23. The Morgan fingerprint density at radius 2 is 0.962 bits per heavy atom. The Labute approximate surface area is 306 Å². The highest BCUT2D eigenvalue weighted by molar-refractivity contribution is 6.14. The molecule has 1 spiro atoms. The van der Waals surface area contributed by atoms with Crippen LogP contribution < -0.4 is 4.90 Å². The summed E-state index contributed by atoms with van der Waals surface area (Å²) in [6, 6.07) is 69.1. The van der Waals surface area contributed by atoms with Crippen molar-refractivity contribution in [1.29, 1.82) is 0 Å². The van der Waals surface area contributed by atoms with Crippen molar-refractivity contribution in [3.8, 4) is 22.3 Å². The van der Waals surface area contributed by atoms with E-state index in [1.54, 1.807) is 0 Å². The van der Waals surface area contributed by atoms with Crippen LogP contribution in [0.3, 0.4) is 0 Å². The summed E-state index contributed by atoms with van der Waals surface area (Å²) in [5.74, 6) is 0. The summed E-state index contributed by atoms with van der Waals surface area (Å²) in [6.07, 6.45) is 0. The van der Waals surface area contributed by atoms with Crippen LogP contribution in [0.1, 0.15) is 22.3 Å². The number of nitrogens with zero attached hydrogens (tertiary/aromatic N) is 1. The van der Waals surface area contributed by atoms with Crippen LogP contribution in [0.4, 0.5) is 17.1 Å². The molecule has 2 aliphatic rings. The maximum atomic E-state index is 6.48. The summed E-state index contributed by atoms with van der Waals surface area (Å²) in [6.45, 7) is 0. The standard InChI is InChI=1S/C51H31NO/c1-2-16-34(17-3-1)52(35-26-27-40-39-21-10-13-25-48(39)53-49(40)30-35)47-31-46-50(41-22-7-6-20-38(41)47)42-28-32-14-4-5-15-33(32)29-45(42)51(46)43-23-11-8-18-36(43)37-19-9-12-24-44(37)51/h1-31H. The topological polar surface area (TPSA) is 16.4 Å². The first kappa shape index (κ1) is 28.8. The number of anilines is 3. The summed E-state index contributed by atoms with van der Waals surface area (Å²) in [7, 11) is 0. The molecule has 0 atom stereocenters. The second-order valence-corrected chi connectivity index (χ2v) is 14.4. The summed E-state index contributed by atoms with van der Waals surface area (Å²) >= 11 is 0. The minimum atomic E-state index is -0.494. The number of benzene rings is 9. The van der Waals surface area contributed by atoms with Gasteiger partial charge in [-0.2, -0.15) is 0 Å². The largest absolute Gasteiger partial charge is 0.456 e. The van der Waals surface area contributed by atoms with Crippen molar-refractivity contribution in [1.82, 2.24) is 0 Å². The van der Waals surface area contributed by atoms with E-state index in [1.807, 2.05) is 6.07 Å². The van der Waals surface area contributed by atoms with Crippen LogP contribution in [0.5, 0.6) is 0 Å². The van der Waals surface area contributed by atoms with Gasteiger partial charge in [0.2, 0.25) is 0 Å². The molecule has 9 aromatic carbocycles. The third-order valence-corrected chi connectivity index (χ3v) is 11.8. The predicted molar refractivity (Wildman–Crippen MR) is 220 cm³/mol. The van der Waals surface area contributed by atoms with Gasteiger partial charge in [0.1, 0.15) is 11.2 Å². The van der Waals surface area contributed by atoms with E-state index in [0.717, 1.165) is 39.0 Å². The van der Waals surface area contributed by atoms with Gasteiger partial charge in [0.05, 0.1) is 11.1 Å². The molecule has 0 bridgehead atoms. The van der Waals surface area contributed by atoms with Gasteiger partial charge in [0, 0.05) is 33.6 Å². The Morgan fingerprint density at radius 3 is 1.74 bits per heavy atom. The van der Waals surface area contributed by atoms with Crippen LogP contribution in [0.25, 0.3) is 65.7 Å². The highest BCUT2D eigenvalue weighted by atomic mass is 16.3. The minimum absolute atomic E-state index is 0.494. The number of furan rings is 1. The summed E-state index contributed by atoms with van der Waals surface area (Å²) < 4.78 is 6.48. The molecule has 0 amide bonds. The Balaban J connectivity index is 1.23. The van der Waals surface area contributed by atoms with E-state index in [0.29, 0.717) is 0 Å². The van der Waals surface area contributed by atoms with Crippen LogP contribution in [-0.2, 0) is 5.41 Å². The molecule has 0 saturated carbocycles. The number of fused-ring (bicyclic) bond motifs is 16. The molecular weight excluding hydrogens is 643 g/mol. The molecule has 0 saturated heterocycles. The smallest absolute Gasteiger partial charge is 0.137 e. The third-order valence-electron chi connectivity index (χ3n) is 11.8. The van der Waals surface area contributed by atoms with Gasteiger partial charge in [-0.15, -0.1) is 0 Å². The Morgan fingerprint density at radius 1 is 0.358 bits per heavy atom. The van der Waals surface area contributed by atoms with Gasteiger partial charge in [-0.3, -0.25) is 0 Å². The highest BCUT2D eigenvalue weighted by Gasteiger charge is 2.52. The SMILES string of the molecule is c1ccc(N(c2ccc3c(c2)oc2ccccc23)c2cc3c(c4ccccc24)-c2cc4ccccc4cc2C32c3ccccc3-c3ccccc32)cc1. The Kier molecular flexibility index (Phi) is 5.73. The second kappa shape index (κ2) is 10.6. The van der Waals surface area contributed by atoms with E-state index < -0.39 is 5.41 Å². The van der Waals surface area contributed by atoms with Crippen molar-refractivity contribution >= 4 is 60.5 Å². The van der Waals surface area contributed by atoms with Crippen molar-refractivity contribution < 1.29 is 4.42 Å². The van der Waals surface area contributed by atoms with E-state index in [1.165, 1.54) is 66.1 Å². The van der Waals surface area contributed by atoms with Gasteiger partial charge in [-0.1, -0.05) is 133 Å². The predicted octanol–water partition coefficient (Wildman–Crippen LogP) is 13.7. The van der Waals surface area contributed by atoms with Gasteiger partial charge in [0.15, 0.2) is 0 Å². The second-order valence-electron chi connectivity index (χ2n) is 14.4. The first-order chi connectivity index (χ1) is 26.3. The Bertz CT molecular complexity index is 3090. The van der Waals surface area contributed by atoms with Crippen molar-refractivity contribution in [2.45, 2.75) is 5.41 Å². The third kappa shape index (κ3) is 3.77. The lowest BCUT2D eigenvalue weighted by atomic mass is 9.70. The molecule has 1 aromatic heterocycles. The van der Waals surface area contributed by atoms with Crippen LogP contribution in [0.15, 0.2) is 192 Å². The first-order valence-corrected chi connectivity index (χ1v) is 18.3. The Hall–Kier alpha value is -6.90. The van der Waals surface area contributed by atoms with Crippen molar-refractivity contribution in [3.05, 3.63) is 210 Å². The van der Waals surface area contributed by atoms with Crippen molar-refractivity contribution in [2.75, 3.05) is 4.90 Å². The molecule has 0 fully saturated rings.